The van der Waals surface area contributed by atoms with Gasteiger partial charge in [0.2, 0.25) is 0 Å². The van der Waals surface area contributed by atoms with Crippen molar-refractivity contribution < 1.29 is 29.4 Å². The van der Waals surface area contributed by atoms with Crippen molar-refractivity contribution in [3.63, 3.8) is 0 Å². The van der Waals surface area contributed by atoms with Crippen LogP contribution in [0.25, 0.3) is 0 Å². The standard InChI is InChI=1S/C19H17BrCl2N2O4.C17H13BrCl2N2O2/c20-13-2-5-15(6-3-13)24-11-19(28,8-17(25)26)10-23(18(24)27)9-12-1-4-14(21)7-16(12)22;18-12-2-5-14(6-3-12)22-10-15(23)9-21(17(22)24)8-11-1-4-13(19)7-16(11)20/h1-7,28H,8-11H2,(H,25,26);1-7H,8-10H2. The number of carboxylic acid groups (broad SMARTS) is 1. The summed E-state index contributed by atoms with van der Waals surface area (Å²) < 4.78 is 1.75. The Hall–Kier alpha value is -3.36. The summed E-state index contributed by atoms with van der Waals surface area (Å²) in [5, 5.41) is 22.0. The van der Waals surface area contributed by atoms with Crippen LogP contribution in [0, 0.1) is 0 Å². The largest absolute Gasteiger partial charge is 0.481 e. The van der Waals surface area contributed by atoms with Gasteiger partial charge in [0, 0.05) is 53.5 Å². The normalized spacial score (nSPS) is 17.6. The van der Waals surface area contributed by atoms with Crippen molar-refractivity contribution in [2.45, 2.75) is 25.1 Å². The van der Waals surface area contributed by atoms with Gasteiger partial charge >= 0.3 is 18.0 Å². The van der Waals surface area contributed by atoms with Crippen LogP contribution in [0.5, 0.6) is 0 Å². The van der Waals surface area contributed by atoms with Crippen LogP contribution < -0.4 is 9.80 Å². The van der Waals surface area contributed by atoms with Crippen LogP contribution in [0.2, 0.25) is 20.1 Å². The molecule has 0 bridgehead atoms. The number of carboxylic acids is 1. The van der Waals surface area contributed by atoms with Gasteiger partial charge in [-0.05, 0) is 83.9 Å². The molecule has 2 N–H and O–H groups in total. The Morgan fingerprint density at radius 1 is 0.654 bits per heavy atom. The van der Waals surface area contributed by atoms with E-state index in [-0.39, 0.29) is 57.1 Å². The van der Waals surface area contributed by atoms with E-state index in [1.54, 1.807) is 72.8 Å². The summed E-state index contributed by atoms with van der Waals surface area (Å²) in [4.78, 5) is 54.9. The second-order valence-electron chi connectivity index (χ2n) is 12.2. The molecule has 2 aliphatic rings. The Kier molecular flexibility index (Phi) is 13.2. The first-order valence-corrected chi connectivity index (χ1v) is 18.7. The highest BCUT2D eigenvalue weighted by atomic mass is 79.9. The molecule has 16 heteroatoms. The number of hydrogen-bond acceptors (Lipinski definition) is 5. The number of aliphatic carboxylic acids is 1. The minimum Gasteiger partial charge on any atom is -0.481 e. The van der Waals surface area contributed by atoms with Crippen molar-refractivity contribution in [1.29, 1.82) is 0 Å². The Labute approximate surface area is 336 Å². The number of nitrogens with zero attached hydrogens (tertiary/aromatic N) is 4. The van der Waals surface area contributed by atoms with E-state index in [1.165, 1.54) is 19.6 Å². The van der Waals surface area contributed by atoms with Crippen LogP contribution in [0.1, 0.15) is 17.5 Å². The number of β-amino-alcohol motifs (C(OH)–C–C–N with tert-alkyl or cyclic N) is 1. The molecule has 0 spiro atoms. The van der Waals surface area contributed by atoms with Crippen LogP contribution >= 0.6 is 78.3 Å². The highest BCUT2D eigenvalue weighted by Gasteiger charge is 2.43. The lowest BCUT2D eigenvalue weighted by Gasteiger charge is -2.44. The predicted molar refractivity (Wildman–Crippen MR) is 210 cm³/mol. The zero-order valence-corrected chi connectivity index (χ0v) is 33.3. The highest BCUT2D eigenvalue weighted by Crippen LogP contribution is 2.31. The fourth-order valence-corrected chi connectivity index (χ4v) is 7.21. The number of anilines is 2. The average molecular weight is 916 g/mol. The van der Waals surface area contributed by atoms with Crippen molar-refractivity contribution in [2.24, 2.45) is 0 Å². The number of urea groups is 2. The van der Waals surface area contributed by atoms with Gasteiger partial charge < -0.3 is 20.0 Å². The number of carbonyl (C=O) groups excluding carboxylic acids is 3. The summed E-state index contributed by atoms with van der Waals surface area (Å²) in [6.45, 7) is 0.280. The van der Waals surface area contributed by atoms with Gasteiger partial charge in [-0.3, -0.25) is 19.4 Å². The molecule has 2 fully saturated rings. The molecule has 272 valence electrons. The second-order valence-corrected chi connectivity index (χ2v) is 15.7. The number of Topliss-reactive ketones (excluding diaryl/α,β-unsaturated/α-hetero) is 1. The molecular weight excluding hydrogens is 886 g/mol. The average Bonchev–Trinajstić information content (AvgIpc) is 3.07. The van der Waals surface area contributed by atoms with E-state index >= 15 is 0 Å². The zero-order valence-electron chi connectivity index (χ0n) is 27.1. The van der Waals surface area contributed by atoms with Gasteiger partial charge in [-0.1, -0.05) is 90.4 Å². The van der Waals surface area contributed by atoms with Crippen molar-refractivity contribution in [3.8, 4) is 0 Å². The van der Waals surface area contributed by atoms with E-state index in [2.05, 4.69) is 31.9 Å². The lowest BCUT2D eigenvalue weighted by molar-refractivity contribution is -0.143. The molecule has 0 saturated carbocycles. The molecule has 1 atom stereocenters. The lowest BCUT2D eigenvalue weighted by atomic mass is 9.95. The maximum Gasteiger partial charge on any atom is 0.325 e. The zero-order chi connectivity index (χ0) is 37.7. The van der Waals surface area contributed by atoms with E-state index < -0.39 is 18.0 Å². The van der Waals surface area contributed by atoms with Crippen LogP contribution in [0.3, 0.4) is 0 Å². The number of rotatable bonds is 8. The topological polar surface area (TPSA) is 122 Å². The molecule has 2 aliphatic heterocycles. The third-order valence-corrected chi connectivity index (χ3v) is 10.4. The fourth-order valence-electron chi connectivity index (χ4n) is 5.75. The van der Waals surface area contributed by atoms with E-state index in [9.17, 15) is 29.4 Å². The smallest absolute Gasteiger partial charge is 0.325 e. The van der Waals surface area contributed by atoms with Gasteiger partial charge in [0.05, 0.1) is 32.6 Å². The summed E-state index contributed by atoms with van der Waals surface area (Å²) in [7, 11) is 0. The van der Waals surface area contributed by atoms with Gasteiger partial charge in [-0.15, -0.1) is 0 Å². The van der Waals surface area contributed by atoms with Crippen LogP contribution in [0.15, 0.2) is 93.9 Å². The molecule has 0 radical (unpaired) electrons. The first-order chi connectivity index (χ1) is 24.6. The number of carbonyl (C=O) groups is 4. The first-order valence-electron chi connectivity index (χ1n) is 15.6. The molecule has 4 amide bonds. The number of halogens is 6. The van der Waals surface area contributed by atoms with Crippen LogP contribution in [0.4, 0.5) is 21.0 Å². The number of benzene rings is 4. The third-order valence-electron chi connectivity index (χ3n) is 8.15. The van der Waals surface area contributed by atoms with Crippen molar-refractivity contribution >= 4 is 113 Å². The minimum atomic E-state index is -1.61. The van der Waals surface area contributed by atoms with E-state index in [0.29, 0.717) is 37.0 Å². The molecule has 6 rings (SSSR count). The van der Waals surface area contributed by atoms with Crippen molar-refractivity contribution in [2.75, 3.05) is 36.0 Å². The second kappa shape index (κ2) is 17.2. The summed E-state index contributed by atoms with van der Waals surface area (Å²) in [5.41, 5.74) is 1.04. The Morgan fingerprint density at radius 3 is 1.60 bits per heavy atom. The molecule has 10 nitrogen and oxygen atoms in total. The molecule has 0 aromatic heterocycles. The van der Waals surface area contributed by atoms with Gasteiger partial charge in [0.25, 0.3) is 0 Å². The molecule has 2 saturated heterocycles. The summed E-state index contributed by atoms with van der Waals surface area (Å²) in [6.07, 6.45) is -0.488. The summed E-state index contributed by atoms with van der Waals surface area (Å²) in [6, 6.07) is 23.7. The molecule has 4 aromatic carbocycles. The minimum absolute atomic E-state index is 0.0254. The van der Waals surface area contributed by atoms with Gasteiger partial charge in [0.15, 0.2) is 5.78 Å². The molecule has 4 aromatic rings. The maximum absolute atomic E-state index is 13.1. The van der Waals surface area contributed by atoms with Gasteiger partial charge in [-0.25, -0.2) is 9.59 Å². The molecule has 52 heavy (non-hydrogen) atoms. The maximum atomic E-state index is 13.1. The van der Waals surface area contributed by atoms with E-state index in [0.717, 1.165) is 14.5 Å². The summed E-state index contributed by atoms with van der Waals surface area (Å²) >= 11 is 30.9. The number of ketones is 1. The fraction of sp³-hybridized carbons (Fsp3) is 0.222. The molecule has 1 unspecified atom stereocenters. The molecule has 2 heterocycles. The van der Waals surface area contributed by atoms with Crippen molar-refractivity contribution in [1.82, 2.24) is 9.80 Å². The van der Waals surface area contributed by atoms with Gasteiger partial charge in [0.1, 0.15) is 5.60 Å². The molecule has 0 aliphatic carbocycles. The first kappa shape index (κ1) is 39.8. The Bertz CT molecular complexity index is 1990. The third kappa shape index (κ3) is 10.2. The number of aliphatic hydroxyl groups is 1. The monoisotopic (exact) mass is 912 g/mol. The number of amides is 4. The van der Waals surface area contributed by atoms with Crippen LogP contribution in [-0.2, 0) is 22.7 Å². The van der Waals surface area contributed by atoms with E-state index in [4.69, 9.17) is 46.4 Å². The Morgan fingerprint density at radius 2 is 1.12 bits per heavy atom. The quantitative estimate of drug-likeness (QED) is 0.182. The SMILES string of the molecule is O=C(O)CC1(O)CN(Cc2ccc(Cl)cc2Cl)C(=O)N(c2ccc(Br)cc2)C1.O=C1CN(Cc2ccc(Cl)cc2Cl)C(=O)N(c2ccc(Br)cc2)C1. The number of hydrogen-bond donors (Lipinski definition) is 2. The van der Waals surface area contributed by atoms with E-state index in [1.807, 2.05) is 12.1 Å². The van der Waals surface area contributed by atoms with Gasteiger partial charge in [-0.2, -0.15) is 0 Å². The van der Waals surface area contributed by atoms with Crippen molar-refractivity contribution in [3.05, 3.63) is 125 Å². The van der Waals surface area contributed by atoms with Crippen LogP contribution in [-0.4, -0.2) is 75.6 Å². The lowest BCUT2D eigenvalue weighted by Crippen LogP contribution is -2.62. The highest BCUT2D eigenvalue weighted by molar-refractivity contribution is 9.10. The Balaban J connectivity index is 0.000000203. The summed E-state index contributed by atoms with van der Waals surface area (Å²) in [5.74, 6) is -1.17. The predicted octanol–water partition coefficient (Wildman–Crippen LogP) is 9.17. The molecular formula is C36H30Br2Cl4N4O6.